The van der Waals surface area contributed by atoms with Gasteiger partial charge in [0.15, 0.2) is 29.1 Å². The summed E-state index contributed by atoms with van der Waals surface area (Å²) in [6, 6.07) is 138. The van der Waals surface area contributed by atoms with Crippen LogP contribution in [0.25, 0.3) is 237 Å². The molecular weight excluding hydrogens is 1490 g/mol. The smallest absolute Gasteiger partial charge is 0.238 e. The molecule has 17 aromatic carbocycles. The molecule has 0 aliphatic rings. The maximum atomic E-state index is 6.99. The Hall–Kier alpha value is -16.0. The highest BCUT2D eigenvalue weighted by atomic mass is 32.1. The number of rotatable bonds is 11. The molecular formula is C108H65N9O2S. The summed E-state index contributed by atoms with van der Waals surface area (Å²) in [4.78, 5) is 30.9. The first-order valence-electron chi connectivity index (χ1n) is 40.2. The molecule has 25 rings (SSSR count). The fourth-order valence-corrected chi connectivity index (χ4v) is 19.0. The second-order valence-electron chi connectivity index (χ2n) is 30.4. The molecule has 0 spiro atoms. The largest absolute Gasteiger partial charge is 0.455 e. The molecule has 0 amide bonds. The van der Waals surface area contributed by atoms with E-state index < -0.39 is 0 Å². The van der Waals surface area contributed by atoms with Crippen LogP contribution in [-0.2, 0) is 0 Å². The maximum absolute atomic E-state index is 6.99. The second kappa shape index (κ2) is 27.9. The molecule has 12 heteroatoms. The zero-order valence-corrected chi connectivity index (χ0v) is 65.1. The van der Waals surface area contributed by atoms with Crippen molar-refractivity contribution in [2.45, 2.75) is 0 Å². The summed E-state index contributed by atoms with van der Waals surface area (Å²) in [6.45, 7) is 0. The van der Waals surface area contributed by atoms with Gasteiger partial charge in [0.05, 0.1) is 43.9 Å². The van der Waals surface area contributed by atoms with Gasteiger partial charge in [-0.25, -0.2) is 19.9 Å². The molecule has 8 aromatic heterocycles. The number of thiophene rings is 1. The van der Waals surface area contributed by atoms with Gasteiger partial charge in [-0.1, -0.05) is 279 Å². The van der Waals surface area contributed by atoms with E-state index in [0.29, 0.717) is 35.1 Å². The zero-order chi connectivity index (χ0) is 78.9. The Kier molecular flexibility index (Phi) is 15.9. The van der Waals surface area contributed by atoms with Crippen molar-refractivity contribution in [3.05, 3.63) is 394 Å². The van der Waals surface area contributed by atoms with E-state index in [1.54, 1.807) is 11.3 Å². The molecule has 11 nitrogen and oxygen atoms in total. The molecule has 0 N–H and O–H groups in total. The normalized spacial score (nSPS) is 11.8. The van der Waals surface area contributed by atoms with Gasteiger partial charge < -0.3 is 18.0 Å². The van der Waals surface area contributed by atoms with Gasteiger partial charge >= 0.3 is 0 Å². The van der Waals surface area contributed by atoms with Crippen LogP contribution in [0.4, 0.5) is 0 Å². The van der Waals surface area contributed by atoms with Crippen LogP contribution in [0.3, 0.4) is 0 Å². The lowest BCUT2D eigenvalue weighted by Crippen LogP contribution is -2.06. The van der Waals surface area contributed by atoms with E-state index in [4.69, 9.17) is 38.7 Å². The van der Waals surface area contributed by atoms with Gasteiger partial charge in [0, 0.05) is 102 Å². The highest BCUT2D eigenvalue weighted by molar-refractivity contribution is 7.25. The third-order valence-electron chi connectivity index (χ3n) is 23.4. The summed E-state index contributed by atoms with van der Waals surface area (Å²) in [5.74, 6) is 3.55. The summed E-state index contributed by atoms with van der Waals surface area (Å²) >= 11 is 1.79. The third kappa shape index (κ3) is 11.4. The van der Waals surface area contributed by atoms with E-state index >= 15 is 0 Å². The van der Waals surface area contributed by atoms with E-state index in [9.17, 15) is 0 Å². The molecule has 120 heavy (non-hydrogen) atoms. The summed E-state index contributed by atoms with van der Waals surface area (Å²) in [5, 5.41) is 13.5. The minimum Gasteiger partial charge on any atom is -0.455 e. The number of nitrogens with zero attached hydrogens (tertiary/aromatic N) is 9. The first-order valence-corrected chi connectivity index (χ1v) is 41.0. The monoisotopic (exact) mass is 1550 g/mol. The highest BCUT2D eigenvalue weighted by Crippen LogP contribution is 2.46. The minimum atomic E-state index is 0.549. The molecule has 0 saturated heterocycles. The second-order valence-corrected chi connectivity index (χ2v) is 31.5. The molecule has 0 saturated carbocycles. The standard InChI is InChI=1S/C57H35N5O.C51H30N4OS/c1-3-15-36(16-4-1)38-19-13-21-40(33-38)55-58-56(60-57(59-55)62-48-26-10-7-23-43(48)44-24-8-11-27-49(44)62)41-29-30-45-46-31-32-51-53(54(46)63-52(45)35-41)47-25-9-12-28-50(47)61(51)42-22-14-20-39(34-42)37-17-5-2-6-18-37;1-3-12-31(13-4-1)33-16-11-17-36(28-33)55-42-20-9-7-19-41(42)47-43(55)27-26-40-37-24-22-34(29-44(37)56-48(40)47)50-52-49(32-14-5-2-6-15-32)53-51(54-50)35-23-25-39-38-18-8-10-21-45(38)57-46(39)30-35/h1-35H;1-30H. The average molecular weight is 1550 g/mol. The van der Waals surface area contributed by atoms with E-state index in [0.717, 1.165) is 160 Å². The minimum absolute atomic E-state index is 0.549. The van der Waals surface area contributed by atoms with Crippen molar-refractivity contribution in [1.82, 2.24) is 43.6 Å². The number of fused-ring (bicyclic) bond motifs is 20. The summed E-state index contributed by atoms with van der Waals surface area (Å²) in [6.07, 6.45) is 0. The molecule has 0 unspecified atom stereocenters. The number of hydrogen-bond donors (Lipinski definition) is 0. The van der Waals surface area contributed by atoms with Gasteiger partial charge in [-0.3, -0.25) is 4.57 Å². The van der Waals surface area contributed by atoms with Gasteiger partial charge in [-0.2, -0.15) is 9.97 Å². The van der Waals surface area contributed by atoms with Crippen molar-refractivity contribution in [3.63, 3.8) is 0 Å². The maximum Gasteiger partial charge on any atom is 0.238 e. The number of para-hydroxylation sites is 4. The van der Waals surface area contributed by atoms with Gasteiger partial charge in [0.1, 0.15) is 22.3 Å². The van der Waals surface area contributed by atoms with Crippen LogP contribution in [0.15, 0.2) is 403 Å². The van der Waals surface area contributed by atoms with Crippen LogP contribution in [0, 0.1) is 0 Å². The van der Waals surface area contributed by atoms with Crippen molar-refractivity contribution in [2.24, 2.45) is 0 Å². The van der Waals surface area contributed by atoms with Crippen LogP contribution in [-0.4, -0.2) is 43.6 Å². The quantitative estimate of drug-likeness (QED) is 0.126. The number of hydrogen-bond acceptors (Lipinski definition) is 9. The van der Waals surface area contributed by atoms with Crippen molar-refractivity contribution in [3.8, 4) is 108 Å². The predicted octanol–water partition coefficient (Wildman–Crippen LogP) is 28.5. The lowest BCUT2D eigenvalue weighted by molar-refractivity contribution is 0.672. The van der Waals surface area contributed by atoms with E-state index in [1.165, 1.54) is 42.4 Å². The van der Waals surface area contributed by atoms with E-state index in [2.05, 4.69) is 372 Å². The molecule has 0 fully saturated rings. The summed E-state index contributed by atoms with van der Waals surface area (Å²) in [5.41, 5.74) is 23.4. The first-order chi connectivity index (χ1) is 59.5. The lowest BCUT2D eigenvalue weighted by Gasteiger charge is -2.11. The van der Waals surface area contributed by atoms with Crippen molar-refractivity contribution in [2.75, 3.05) is 0 Å². The van der Waals surface area contributed by atoms with Crippen LogP contribution < -0.4 is 0 Å². The molecule has 560 valence electrons. The molecule has 0 atom stereocenters. The molecule has 0 radical (unpaired) electrons. The third-order valence-corrected chi connectivity index (χ3v) is 24.6. The number of aromatic nitrogens is 9. The van der Waals surface area contributed by atoms with E-state index in [1.807, 2.05) is 36.4 Å². The first kappa shape index (κ1) is 68.4. The van der Waals surface area contributed by atoms with Gasteiger partial charge in [-0.15, -0.1) is 11.3 Å². The highest BCUT2D eigenvalue weighted by Gasteiger charge is 2.25. The molecule has 8 heterocycles. The summed E-state index contributed by atoms with van der Waals surface area (Å²) in [7, 11) is 0. The number of furan rings is 2. The molecule has 0 bridgehead atoms. The van der Waals surface area contributed by atoms with Gasteiger partial charge in [-0.05, 0) is 149 Å². The van der Waals surface area contributed by atoms with Crippen molar-refractivity contribution in [1.29, 1.82) is 0 Å². The Bertz CT molecular complexity index is 8380. The molecule has 25 aromatic rings. The zero-order valence-electron chi connectivity index (χ0n) is 64.3. The Balaban J connectivity index is 0.000000137. The van der Waals surface area contributed by atoms with Crippen LogP contribution in [0.1, 0.15) is 0 Å². The topological polar surface area (TPSA) is 118 Å². The fourth-order valence-electron chi connectivity index (χ4n) is 17.9. The van der Waals surface area contributed by atoms with E-state index in [-0.39, 0.29) is 0 Å². The fraction of sp³-hybridized carbons (Fsp3) is 0. The Labute approximate surface area is 690 Å². The van der Waals surface area contributed by atoms with Crippen LogP contribution in [0.5, 0.6) is 0 Å². The number of benzene rings is 17. The molecule has 0 aliphatic carbocycles. The van der Waals surface area contributed by atoms with Gasteiger partial charge in [0.2, 0.25) is 5.95 Å². The van der Waals surface area contributed by atoms with Gasteiger partial charge in [0.25, 0.3) is 0 Å². The Morgan fingerprint density at radius 3 is 1.01 bits per heavy atom. The molecule has 0 aliphatic heterocycles. The van der Waals surface area contributed by atoms with Crippen molar-refractivity contribution < 1.29 is 8.83 Å². The lowest BCUT2D eigenvalue weighted by atomic mass is 10.0. The van der Waals surface area contributed by atoms with Crippen LogP contribution >= 0.6 is 11.3 Å². The SMILES string of the molecule is c1ccc(-c2cccc(-c3nc(-c4ccc5c(c4)oc4c5ccc5c4c4ccccc4n5-c4cccc(-c5ccccc5)c4)nc(-n4c5ccccc5c5ccccc54)n3)c2)cc1.c1ccc(-c2cccc(-n3c4ccccc4c4c5oc6cc(-c7nc(-c8ccccc8)nc(-c8ccc9c(c8)sc8ccccc89)n7)ccc6c5ccc43)c2)cc1. The van der Waals surface area contributed by atoms with Crippen molar-refractivity contribution >= 4 is 141 Å². The predicted molar refractivity (Wildman–Crippen MR) is 494 cm³/mol. The average Bonchev–Trinajstić information content (AvgIpc) is 1.57. The summed E-state index contributed by atoms with van der Waals surface area (Å²) < 4.78 is 23.2. The Morgan fingerprint density at radius 1 is 0.192 bits per heavy atom. The van der Waals surface area contributed by atoms with Crippen LogP contribution in [0.2, 0.25) is 0 Å². The Morgan fingerprint density at radius 2 is 0.525 bits per heavy atom.